The number of aryl methyl sites for hydroxylation is 1. The summed E-state index contributed by atoms with van der Waals surface area (Å²) in [4.78, 5) is 2.03. The third-order valence-electron chi connectivity index (χ3n) is 3.69. The van der Waals surface area contributed by atoms with Crippen LogP contribution in [-0.2, 0) is 13.1 Å². The average molecular weight is 284 g/mol. The van der Waals surface area contributed by atoms with E-state index in [1.54, 1.807) is 0 Å². The molecular weight excluding hydrogens is 265 g/mol. The van der Waals surface area contributed by atoms with Crippen molar-refractivity contribution >= 4 is 0 Å². The van der Waals surface area contributed by atoms with E-state index in [1.165, 1.54) is 6.08 Å². The van der Waals surface area contributed by atoms with Gasteiger partial charge in [-0.2, -0.15) is 13.2 Å². The molecule has 1 aromatic rings. The van der Waals surface area contributed by atoms with Gasteiger partial charge in [0.1, 0.15) is 0 Å². The third kappa shape index (κ3) is 3.61. The lowest BCUT2D eigenvalue weighted by Crippen LogP contribution is -2.31. The molecule has 0 saturated carbocycles. The van der Waals surface area contributed by atoms with Gasteiger partial charge in [-0.15, -0.1) is 0 Å². The normalized spacial score (nSPS) is 17.1. The van der Waals surface area contributed by atoms with Gasteiger partial charge in [0.2, 0.25) is 0 Å². The zero-order valence-electron chi connectivity index (χ0n) is 11.5. The molecule has 0 amide bonds. The summed E-state index contributed by atoms with van der Waals surface area (Å²) in [5.74, 6) is 0. The van der Waals surface area contributed by atoms with Crippen molar-refractivity contribution < 1.29 is 13.2 Å². The molecule has 1 aliphatic rings. The molecule has 0 aliphatic carbocycles. The molecule has 2 nitrogen and oxygen atoms in total. The van der Waals surface area contributed by atoms with Gasteiger partial charge in [-0.05, 0) is 30.0 Å². The van der Waals surface area contributed by atoms with Gasteiger partial charge < -0.3 is 5.73 Å². The Balaban J connectivity index is 2.01. The lowest BCUT2D eigenvalue weighted by Gasteiger charge is -2.27. The first-order chi connectivity index (χ1) is 9.40. The quantitative estimate of drug-likeness (QED) is 0.864. The van der Waals surface area contributed by atoms with Crippen molar-refractivity contribution in [3.05, 3.63) is 46.5 Å². The Labute approximate surface area is 117 Å². The van der Waals surface area contributed by atoms with Crippen LogP contribution in [-0.4, -0.2) is 24.2 Å². The maximum atomic E-state index is 12.5. The van der Waals surface area contributed by atoms with Gasteiger partial charge in [-0.3, -0.25) is 4.90 Å². The summed E-state index contributed by atoms with van der Waals surface area (Å²) in [5.41, 5.74) is 8.54. The summed E-state index contributed by atoms with van der Waals surface area (Å²) in [7, 11) is 0. The van der Waals surface area contributed by atoms with Crippen molar-refractivity contribution in [2.24, 2.45) is 5.73 Å². The van der Waals surface area contributed by atoms with Crippen molar-refractivity contribution in [3.8, 4) is 0 Å². The van der Waals surface area contributed by atoms with E-state index < -0.39 is 11.7 Å². The highest BCUT2D eigenvalue weighted by Gasteiger charge is 2.34. The third-order valence-corrected chi connectivity index (χ3v) is 3.69. The van der Waals surface area contributed by atoms with Gasteiger partial charge >= 0.3 is 6.18 Å². The molecule has 5 heteroatoms. The van der Waals surface area contributed by atoms with Crippen LogP contribution < -0.4 is 5.73 Å². The van der Waals surface area contributed by atoms with Crippen LogP contribution in [0.3, 0.4) is 0 Å². The van der Waals surface area contributed by atoms with Crippen LogP contribution in [0.15, 0.2) is 29.8 Å². The molecule has 1 aromatic carbocycles. The second-order valence-electron chi connectivity index (χ2n) is 5.18. The van der Waals surface area contributed by atoms with Crippen LogP contribution in [0, 0.1) is 6.92 Å². The minimum Gasteiger partial charge on any atom is -0.326 e. The Bertz CT molecular complexity index is 506. The number of hydrogen-bond acceptors (Lipinski definition) is 2. The molecule has 0 atom stereocenters. The van der Waals surface area contributed by atoms with Crippen LogP contribution in [0.1, 0.15) is 23.1 Å². The predicted molar refractivity (Wildman–Crippen MR) is 73.1 cm³/mol. The van der Waals surface area contributed by atoms with Crippen LogP contribution >= 0.6 is 0 Å². The maximum absolute atomic E-state index is 12.5. The van der Waals surface area contributed by atoms with Gasteiger partial charge in [-0.25, -0.2) is 0 Å². The van der Waals surface area contributed by atoms with E-state index in [0.717, 1.165) is 16.7 Å². The predicted octanol–water partition coefficient (Wildman–Crippen LogP) is 3.15. The minimum atomic E-state index is -4.18. The standard InChI is InChI=1S/C15H19F3N2/c1-11-8-12(9-19)2-3-13(11)10-20-6-4-14(5-7-20)15(16,17)18/h2-4,8H,5-7,9-10,19H2,1H3. The number of alkyl halides is 3. The van der Waals surface area contributed by atoms with Crippen LogP contribution in [0.5, 0.6) is 0 Å². The zero-order chi connectivity index (χ0) is 14.8. The van der Waals surface area contributed by atoms with E-state index in [9.17, 15) is 13.2 Å². The maximum Gasteiger partial charge on any atom is 0.412 e. The van der Waals surface area contributed by atoms with Gasteiger partial charge in [0.05, 0.1) is 0 Å². The molecule has 110 valence electrons. The van der Waals surface area contributed by atoms with E-state index in [4.69, 9.17) is 5.73 Å². The van der Waals surface area contributed by atoms with Gasteiger partial charge in [-0.1, -0.05) is 24.3 Å². The largest absolute Gasteiger partial charge is 0.412 e. The molecule has 0 fully saturated rings. The number of nitrogens with zero attached hydrogens (tertiary/aromatic N) is 1. The highest BCUT2D eigenvalue weighted by molar-refractivity contribution is 5.31. The monoisotopic (exact) mass is 284 g/mol. The molecular formula is C15H19F3N2. The Kier molecular flexibility index (Phi) is 4.50. The molecule has 2 rings (SSSR count). The summed E-state index contributed by atoms with van der Waals surface area (Å²) in [5, 5.41) is 0. The number of hydrogen-bond donors (Lipinski definition) is 1. The van der Waals surface area contributed by atoms with Gasteiger partial charge in [0.15, 0.2) is 0 Å². The lowest BCUT2D eigenvalue weighted by molar-refractivity contribution is -0.0960. The molecule has 0 aromatic heterocycles. The Morgan fingerprint density at radius 2 is 2.05 bits per heavy atom. The van der Waals surface area contributed by atoms with E-state index >= 15 is 0 Å². The molecule has 1 heterocycles. The number of benzene rings is 1. The first-order valence-corrected chi connectivity index (χ1v) is 6.67. The van der Waals surface area contributed by atoms with E-state index in [-0.39, 0.29) is 6.42 Å². The van der Waals surface area contributed by atoms with Crippen molar-refractivity contribution in [1.29, 1.82) is 0 Å². The van der Waals surface area contributed by atoms with Crippen LogP contribution in [0.4, 0.5) is 13.2 Å². The molecule has 2 N–H and O–H groups in total. The van der Waals surface area contributed by atoms with Crippen LogP contribution in [0.25, 0.3) is 0 Å². The topological polar surface area (TPSA) is 29.3 Å². The highest BCUT2D eigenvalue weighted by Crippen LogP contribution is 2.30. The lowest BCUT2D eigenvalue weighted by atomic mass is 10.0. The summed E-state index contributed by atoms with van der Waals surface area (Å²) in [6.45, 7) is 3.99. The minimum absolute atomic E-state index is 0.0728. The van der Waals surface area contributed by atoms with Gasteiger partial charge in [0.25, 0.3) is 0 Å². The molecule has 0 saturated heterocycles. The Hall–Kier alpha value is -1.33. The fraction of sp³-hybridized carbons (Fsp3) is 0.467. The molecule has 0 radical (unpaired) electrons. The summed E-state index contributed by atoms with van der Waals surface area (Å²) >= 11 is 0. The summed E-state index contributed by atoms with van der Waals surface area (Å²) in [6, 6.07) is 6.03. The van der Waals surface area contributed by atoms with Gasteiger partial charge in [0, 0.05) is 31.8 Å². The van der Waals surface area contributed by atoms with Crippen molar-refractivity contribution in [2.75, 3.05) is 13.1 Å². The van der Waals surface area contributed by atoms with E-state index in [1.807, 2.05) is 30.0 Å². The average Bonchev–Trinajstić information content (AvgIpc) is 2.40. The molecule has 0 spiro atoms. The van der Waals surface area contributed by atoms with Crippen molar-refractivity contribution in [2.45, 2.75) is 32.6 Å². The fourth-order valence-corrected chi connectivity index (χ4v) is 2.42. The SMILES string of the molecule is Cc1cc(CN)ccc1CN1CC=C(C(F)(F)F)CC1. The summed E-state index contributed by atoms with van der Waals surface area (Å²) < 4.78 is 37.6. The number of halogens is 3. The molecule has 20 heavy (non-hydrogen) atoms. The molecule has 1 aliphatic heterocycles. The highest BCUT2D eigenvalue weighted by atomic mass is 19.4. The number of rotatable bonds is 3. The smallest absolute Gasteiger partial charge is 0.326 e. The van der Waals surface area contributed by atoms with Crippen molar-refractivity contribution in [1.82, 2.24) is 4.90 Å². The first kappa shape index (κ1) is 15.1. The van der Waals surface area contributed by atoms with Crippen LogP contribution in [0.2, 0.25) is 0 Å². The molecule has 0 bridgehead atoms. The molecule has 0 unspecified atom stereocenters. The second-order valence-corrected chi connectivity index (χ2v) is 5.18. The van der Waals surface area contributed by atoms with E-state index in [2.05, 4.69) is 0 Å². The van der Waals surface area contributed by atoms with E-state index in [0.29, 0.717) is 26.2 Å². The first-order valence-electron chi connectivity index (χ1n) is 6.67. The zero-order valence-corrected chi connectivity index (χ0v) is 11.5. The fourth-order valence-electron chi connectivity index (χ4n) is 2.42. The van der Waals surface area contributed by atoms with Crippen molar-refractivity contribution in [3.63, 3.8) is 0 Å². The summed E-state index contributed by atoms with van der Waals surface area (Å²) in [6.07, 6.45) is -2.80. The Morgan fingerprint density at radius 3 is 2.55 bits per heavy atom. The Morgan fingerprint density at radius 1 is 1.30 bits per heavy atom. The number of nitrogens with two attached hydrogens (primary N) is 1. The second kappa shape index (κ2) is 5.97.